The largest absolute Gasteiger partial charge is 0.341 e. The van der Waals surface area contributed by atoms with Crippen LogP contribution in [0.25, 0.3) is 0 Å². The highest BCUT2D eigenvalue weighted by atomic mass is 32.2. The lowest BCUT2D eigenvalue weighted by molar-refractivity contribution is -0.147. The van der Waals surface area contributed by atoms with Crippen molar-refractivity contribution in [2.24, 2.45) is 0 Å². The van der Waals surface area contributed by atoms with Crippen LogP contribution in [0.15, 0.2) is 30.3 Å². The van der Waals surface area contributed by atoms with Crippen molar-refractivity contribution in [3.63, 3.8) is 0 Å². The summed E-state index contributed by atoms with van der Waals surface area (Å²) in [5.74, 6) is -0.0333. The van der Waals surface area contributed by atoms with Gasteiger partial charge in [0.05, 0.1) is 6.42 Å². The second kappa shape index (κ2) is 4.81. The van der Waals surface area contributed by atoms with E-state index in [1.54, 1.807) is 11.8 Å². The number of β-lactam (4-membered cyclic amide) rings is 1. The first-order chi connectivity index (χ1) is 9.46. The van der Waals surface area contributed by atoms with Crippen LogP contribution >= 0.6 is 11.8 Å². The molecule has 2 amide bonds. The standard InChI is InChI=1S/C15H18N2O2S/c1-15(2)9-17-13(19)12(14(17)20-15)16-11(18)8-10-6-4-3-5-7-10/h3-7,12,14H,8-9H2,1-2H3,(H,16,18)/t12-,14?/m1/s1. The van der Waals surface area contributed by atoms with E-state index in [0.29, 0.717) is 6.42 Å². The summed E-state index contributed by atoms with van der Waals surface area (Å²) >= 11 is 1.77. The third kappa shape index (κ3) is 2.42. The van der Waals surface area contributed by atoms with Crippen molar-refractivity contribution < 1.29 is 9.59 Å². The Morgan fingerprint density at radius 3 is 2.80 bits per heavy atom. The molecule has 1 aromatic rings. The summed E-state index contributed by atoms with van der Waals surface area (Å²) in [4.78, 5) is 25.9. The van der Waals surface area contributed by atoms with Gasteiger partial charge in [-0.3, -0.25) is 9.59 Å². The Bertz CT molecular complexity index is 544. The fourth-order valence-corrected chi connectivity index (χ4v) is 4.23. The first kappa shape index (κ1) is 13.5. The monoisotopic (exact) mass is 290 g/mol. The highest BCUT2D eigenvalue weighted by Gasteiger charge is 2.56. The zero-order valence-electron chi connectivity index (χ0n) is 11.6. The summed E-state index contributed by atoms with van der Waals surface area (Å²) in [6.07, 6.45) is 0.325. The van der Waals surface area contributed by atoms with Gasteiger partial charge in [-0.2, -0.15) is 0 Å². The molecule has 0 radical (unpaired) electrons. The Morgan fingerprint density at radius 1 is 1.40 bits per heavy atom. The molecule has 2 saturated heterocycles. The molecule has 2 atom stereocenters. The molecule has 0 aromatic heterocycles. The van der Waals surface area contributed by atoms with Gasteiger partial charge in [-0.1, -0.05) is 30.3 Å². The Morgan fingerprint density at radius 2 is 2.10 bits per heavy atom. The molecule has 5 heteroatoms. The normalized spacial score (nSPS) is 26.9. The van der Waals surface area contributed by atoms with E-state index in [9.17, 15) is 9.59 Å². The van der Waals surface area contributed by atoms with Gasteiger partial charge in [-0.15, -0.1) is 11.8 Å². The lowest BCUT2D eigenvalue weighted by Crippen LogP contribution is -2.67. The predicted molar refractivity (Wildman–Crippen MR) is 79.2 cm³/mol. The summed E-state index contributed by atoms with van der Waals surface area (Å²) in [7, 11) is 0. The van der Waals surface area contributed by atoms with Gasteiger partial charge in [0.1, 0.15) is 11.4 Å². The molecule has 2 fully saturated rings. The SMILES string of the molecule is CC1(C)CN2C(=O)[C@@H](NC(=O)Cc3ccccc3)C2S1. The summed E-state index contributed by atoms with van der Waals surface area (Å²) in [6.45, 7) is 5.03. The third-order valence-corrected chi connectivity index (χ3v) is 5.19. The minimum absolute atomic E-state index is 0.0505. The Kier molecular flexibility index (Phi) is 3.24. The van der Waals surface area contributed by atoms with E-state index in [1.165, 1.54) is 0 Å². The van der Waals surface area contributed by atoms with Gasteiger partial charge in [-0.05, 0) is 19.4 Å². The number of fused-ring (bicyclic) bond motifs is 1. The van der Waals surface area contributed by atoms with Crippen molar-refractivity contribution in [1.82, 2.24) is 10.2 Å². The molecule has 2 aliphatic rings. The van der Waals surface area contributed by atoms with Gasteiger partial charge in [-0.25, -0.2) is 0 Å². The van der Waals surface area contributed by atoms with Crippen LogP contribution in [0.3, 0.4) is 0 Å². The van der Waals surface area contributed by atoms with Gasteiger partial charge in [0.15, 0.2) is 0 Å². The maximum atomic E-state index is 12.0. The molecular formula is C15H18N2O2S. The zero-order chi connectivity index (χ0) is 14.3. The molecule has 0 spiro atoms. The van der Waals surface area contributed by atoms with E-state index in [-0.39, 0.29) is 28.0 Å². The Hall–Kier alpha value is -1.49. The fourth-order valence-electron chi connectivity index (χ4n) is 2.74. The molecule has 1 aromatic carbocycles. The van der Waals surface area contributed by atoms with E-state index in [0.717, 1.165) is 12.1 Å². The van der Waals surface area contributed by atoms with Crippen LogP contribution in [0, 0.1) is 0 Å². The van der Waals surface area contributed by atoms with E-state index in [2.05, 4.69) is 19.2 Å². The van der Waals surface area contributed by atoms with Crippen LogP contribution in [-0.4, -0.2) is 39.4 Å². The van der Waals surface area contributed by atoms with Crippen molar-refractivity contribution in [3.8, 4) is 0 Å². The number of carbonyl (C=O) groups is 2. The molecule has 0 saturated carbocycles. The number of nitrogens with one attached hydrogen (secondary N) is 1. The smallest absolute Gasteiger partial charge is 0.249 e. The number of carbonyl (C=O) groups excluding carboxylic acids is 2. The van der Waals surface area contributed by atoms with Crippen LogP contribution in [0.5, 0.6) is 0 Å². The molecule has 0 aliphatic carbocycles. The zero-order valence-corrected chi connectivity index (χ0v) is 12.4. The molecule has 3 rings (SSSR count). The maximum absolute atomic E-state index is 12.0. The molecule has 2 aliphatic heterocycles. The van der Waals surface area contributed by atoms with Crippen LogP contribution in [0.2, 0.25) is 0 Å². The van der Waals surface area contributed by atoms with Gasteiger partial charge in [0, 0.05) is 11.3 Å². The minimum Gasteiger partial charge on any atom is -0.341 e. The highest BCUT2D eigenvalue weighted by molar-refractivity contribution is 8.01. The third-order valence-electron chi connectivity index (χ3n) is 3.66. The topological polar surface area (TPSA) is 49.4 Å². The summed E-state index contributed by atoms with van der Waals surface area (Å²) in [5, 5.41) is 2.98. The number of thioether (sulfide) groups is 1. The lowest BCUT2D eigenvalue weighted by atomic mass is 10.0. The predicted octanol–water partition coefficient (Wildman–Crippen LogP) is 1.41. The molecule has 2 heterocycles. The van der Waals surface area contributed by atoms with Gasteiger partial charge in [0.2, 0.25) is 11.8 Å². The minimum atomic E-state index is -0.349. The van der Waals surface area contributed by atoms with E-state index in [1.807, 2.05) is 35.2 Å². The molecule has 106 valence electrons. The Balaban J connectivity index is 1.59. The van der Waals surface area contributed by atoms with E-state index < -0.39 is 0 Å². The molecule has 20 heavy (non-hydrogen) atoms. The molecule has 1 N–H and O–H groups in total. The fraction of sp³-hybridized carbons (Fsp3) is 0.467. The first-order valence-electron chi connectivity index (χ1n) is 6.78. The van der Waals surface area contributed by atoms with Crippen molar-refractivity contribution in [2.45, 2.75) is 36.4 Å². The molecule has 0 bridgehead atoms. The van der Waals surface area contributed by atoms with Crippen LogP contribution in [0.1, 0.15) is 19.4 Å². The number of hydrogen-bond acceptors (Lipinski definition) is 3. The molecule has 4 nitrogen and oxygen atoms in total. The van der Waals surface area contributed by atoms with Crippen molar-refractivity contribution in [2.75, 3.05) is 6.54 Å². The highest BCUT2D eigenvalue weighted by Crippen LogP contribution is 2.46. The lowest BCUT2D eigenvalue weighted by Gasteiger charge is -2.41. The maximum Gasteiger partial charge on any atom is 0.249 e. The first-order valence-corrected chi connectivity index (χ1v) is 7.66. The number of rotatable bonds is 3. The number of nitrogens with zero attached hydrogens (tertiary/aromatic N) is 1. The number of hydrogen-bond donors (Lipinski definition) is 1. The second-order valence-corrected chi connectivity index (χ2v) is 7.77. The van der Waals surface area contributed by atoms with Crippen LogP contribution in [0.4, 0.5) is 0 Å². The van der Waals surface area contributed by atoms with Gasteiger partial charge < -0.3 is 10.2 Å². The molecule has 1 unspecified atom stereocenters. The number of amides is 2. The quantitative estimate of drug-likeness (QED) is 0.856. The molecular weight excluding hydrogens is 272 g/mol. The van der Waals surface area contributed by atoms with Gasteiger partial charge in [0.25, 0.3) is 0 Å². The number of benzene rings is 1. The van der Waals surface area contributed by atoms with Gasteiger partial charge >= 0.3 is 0 Å². The summed E-state index contributed by atoms with van der Waals surface area (Å²) in [6, 6.07) is 9.23. The second-order valence-electron chi connectivity index (χ2n) is 5.94. The van der Waals surface area contributed by atoms with E-state index in [4.69, 9.17) is 0 Å². The summed E-state index contributed by atoms with van der Waals surface area (Å²) in [5.41, 5.74) is 0.966. The Labute approximate surface area is 122 Å². The van der Waals surface area contributed by atoms with Crippen LogP contribution < -0.4 is 5.32 Å². The average Bonchev–Trinajstić information content (AvgIpc) is 2.70. The van der Waals surface area contributed by atoms with Crippen molar-refractivity contribution in [3.05, 3.63) is 35.9 Å². The van der Waals surface area contributed by atoms with Crippen molar-refractivity contribution >= 4 is 23.6 Å². The van der Waals surface area contributed by atoms with Crippen LogP contribution in [-0.2, 0) is 16.0 Å². The average molecular weight is 290 g/mol. The van der Waals surface area contributed by atoms with Crippen molar-refractivity contribution in [1.29, 1.82) is 0 Å². The summed E-state index contributed by atoms with van der Waals surface area (Å²) < 4.78 is 0.0826. The van der Waals surface area contributed by atoms with E-state index >= 15 is 0 Å².